The second-order valence-electron chi connectivity index (χ2n) is 5.39. The van der Waals surface area contributed by atoms with Crippen LogP contribution in [0.5, 0.6) is 0 Å². The van der Waals surface area contributed by atoms with Gasteiger partial charge in [0.1, 0.15) is 0 Å². The van der Waals surface area contributed by atoms with E-state index in [1.54, 1.807) is 12.1 Å². The van der Waals surface area contributed by atoms with Crippen LogP contribution in [0.25, 0.3) is 0 Å². The lowest BCUT2D eigenvalue weighted by Gasteiger charge is -2.28. The summed E-state index contributed by atoms with van der Waals surface area (Å²) >= 11 is 0. The molecule has 0 bridgehead atoms. The van der Waals surface area contributed by atoms with E-state index in [4.69, 9.17) is 13.3 Å². The molecule has 1 heterocycles. The number of aryl methyl sites for hydroxylation is 1. The number of carbonyl (C=O) groups is 2. The summed E-state index contributed by atoms with van der Waals surface area (Å²) in [5.74, 6) is -1.14. The van der Waals surface area contributed by atoms with Crippen LogP contribution in [0, 0.1) is 0 Å². The molecule has 1 aromatic carbocycles. The van der Waals surface area contributed by atoms with Crippen LogP contribution in [-0.2, 0) is 24.4 Å². The Labute approximate surface area is 143 Å². The molecule has 0 saturated carbocycles. The third-order valence-corrected chi connectivity index (χ3v) is 6.90. The quantitative estimate of drug-likeness (QED) is 0.366. The molecule has 1 aliphatic heterocycles. The second-order valence-corrected chi connectivity index (χ2v) is 8.12. The second kappa shape index (κ2) is 8.52. The van der Waals surface area contributed by atoms with Crippen molar-refractivity contribution < 1.29 is 27.6 Å². The minimum Gasteiger partial charge on any atom is -0.386 e. The molecule has 0 fully saturated rings. The lowest BCUT2D eigenvalue weighted by Crippen LogP contribution is -2.46. The van der Waals surface area contributed by atoms with Gasteiger partial charge in [-0.2, -0.15) is 0 Å². The number of cyclic esters (lactones) is 2. The first-order chi connectivity index (χ1) is 11.5. The summed E-state index contributed by atoms with van der Waals surface area (Å²) in [5, 5.41) is 0. The molecule has 0 N–H and O–H groups in total. The predicted molar refractivity (Wildman–Crippen MR) is 89.9 cm³/mol. The highest BCUT2D eigenvalue weighted by Crippen LogP contribution is 2.24. The van der Waals surface area contributed by atoms with Crippen molar-refractivity contribution in [3.63, 3.8) is 0 Å². The SMILES string of the molecule is CCO[Si](CCCc1ccc2c(c1)C(=O)OC2=O)(OCC)OCC. The highest BCUT2D eigenvalue weighted by atomic mass is 28.4. The average Bonchev–Trinajstić information content (AvgIpc) is 2.82. The smallest absolute Gasteiger partial charge is 0.386 e. The van der Waals surface area contributed by atoms with Crippen molar-refractivity contribution in [2.45, 2.75) is 39.7 Å². The molecule has 2 rings (SSSR count). The summed E-state index contributed by atoms with van der Waals surface area (Å²) in [4.78, 5) is 23.1. The predicted octanol–water partition coefficient (Wildman–Crippen LogP) is 2.98. The van der Waals surface area contributed by atoms with Crippen LogP contribution in [0.3, 0.4) is 0 Å². The molecular formula is C17H24O6Si. The molecule has 132 valence electrons. The Kier molecular flexibility index (Phi) is 6.67. The Morgan fingerprint density at radius 1 is 0.917 bits per heavy atom. The molecule has 0 aliphatic carbocycles. The standard InChI is InChI=1S/C17H24O6Si/c1-4-20-24(21-5-2,22-6-3)11-7-8-13-9-10-14-15(12-13)17(19)23-16(14)18/h9-10,12H,4-8,11H2,1-3H3. The number of rotatable bonds is 10. The van der Waals surface area contributed by atoms with E-state index in [-0.39, 0.29) is 0 Å². The molecule has 0 radical (unpaired) electrons. The summed E-state index contributed by atoms with van der Waals surface area (Å²) in [5.41, 5.74) is 1.67. The van der Waals surface area contributed by atoms with Crippen LogP contribution in [-0.4, -0.2) is 40.6 Å². The fraction of sp³-hybridized carbons (Fsp3) is 0.529. The lowest BCUT2D eigenvalue weighted by molar-refractivity contribution is 0.0443. The number of ether oxygens (including phenoxy) is 1. The molecule has 0 saturated heterocycles. The molecule has 24 heavy (non-hydrogen) atoms. The summed E-state index contributed by atoms with van der Waals surface area (Å²) < 4.78 is 22.1. The van der Waals surface area contributed by atoms with Crippen LogP contribution in [0.4, 0.5) is 0 Å². The van der Waals surface area contributed by atoms with Crippen molar-refractivity contribution in [3.05, 3.63) is 34.9 Å². The molecule has 0 amide bonds. The molecule has 7 heteroatoms. The molecule has 0 aromatic heterocycles. The number of hydrogen-bond acceptors (Lipinski definition) is 6. The van der Waals surface area contributed by atoms with Crippen molar-refractivity contribution in [2.24, 2.45) is 0 Å². The zero-order valence-electron chi connectivity index (χ0n) is 14.4. The number of esters is 2. The van der Waals surface area contributed by atoms with Gasteiger partial charge in [-0.3, -0.25) is 0 Å². The van der Waals surface area contributed by atoms with E-state index in [0.717, 1.165) is 18.4 Å². The molecule has 1 aromatic rings. The lowest BCUT2D eigenvalue weighted by atomic mass is 10.0. The fourth-order valence-corrected chi connectivity index (χ4v) is 5.41. The van der Waals surface area contributed by atoms with Crippen LogP contribution < -0.4 is 0 Å². The Hall–Kier alpha value is -1.54. The maximum Gasteiger partial charge on any atom is 0.500 e. The summed E-state index contributed by atoms with van der Waals surface area (Å²) in [6, 6.07) is 5.94. The zero-order chi connectivity index (χ0) is 17.6. The third-order valence-electron chi connectivity index (χ3n) is 3.75. The maximum absolute atomic E-state index is 11.6. The molecule has 6 nitrogen and oxygen atoms in total. The van der Waals surface area contributed by atoms with E-state index in [9.17, 15) is 9.59 Å². The topological polar surface area (TPSA) is 71.1 Å². The van der Waals surface area contributed by atoms with Crippen molar-refractivity contribution >= 4 is 20.7 Å². The largest absolute Gasteiger partial charge is 0.500 e. The van der Waals surface area contributed by atoms with E-state index in [2.05, 4.69) is 4.74 Å². The van der Waals surface area contributed by atoms with Gasteiger partial charge in [0.2, 0.25) is 0 Å². The van der Waals surface area contributed by atoms with E-state index in [1.165, 1.54) is 0 Å². The van der Waals surface area contributed by atoms with Crippen molar-refractivity contribution in [3.8, 4) is 0 Å². The minimum absolute atomic E-state index is 0.338. The molecule has 1 aliphatic rings. The minimum atomic E-state index is -2.64. The van der Waals surface area contributed by atoms with Gasteiger partial charge < -0.3 is 18.0 Å². The first kappa shape index (κ1) is 18.8. The summed E-state index contributed by atoms with van der Waals surface area (Å²) in [6.07, 6.45) is 1.56. The first-order valence-electron chi connectivity index (χ1n) is 8.36. The molecule has 0 atom stereocenters. The normalized spacial score (nSPS) is 14.0. The molecular weight excluding hydrogens is 328 g/mol. The number of hydrogen-bond donors (Lipinski definition) is 0. The van der Waals surface area contributed by atoms with Gasteiger partial charge in [0, 0.05) is 25.9 Å². The molecule has 0 unspecified atom stereocenters. The summed E-state index contributed by atoms with van der Waals surface area (Å²) in [7, 11) is -2.64. The van der Waals surface area contributed by atoms with Gasteiger partial charge in [0.05, 0.1) is 11.1 Å². The zero-order valence-corrected chi connectivity index (χ0v) is 15.4. The first-order valence-corrected chi connectivity index (χ1v) is 10.3. The third kappa shape index (κ3) is 4.30. The van der Waals surface area contributed by atoms with Crippen LogP contribution in [0.2, 0.25) is 6.04 Å². The van der Waals surface area contributed by atoms with E-state index in [1.807, 2.05) is 26.8 Å². The van der Waals surface area contributed by atoms with Gasteiger partial charge in [-0.05, 0) is 51.3 Å². The van der Waals surface area contributed by atoms with E-state index >= 15 is 0 Å². The monoisotopic (exact) mass is 352 g/mol. The van der Waals surface area contributed by atoms with Gasteiger partial charge in [-0.25, -0.2) is 9.59 Å². The Morgan fingerprint density at radius 2 is 1.50 bits per heavy atom. The Morgan fingerprint density at radius 3 is 2.08 bits per heavy atom. The van der Waals surface area contributed by atoms with Gasteiger partial charge in [0.25, 0.3) is 0 Å². The number of benzene rings is 1. The van der Waals surface area contributed by atoms with Crippen LogP contribution >= 0.6 is 0 Å². The molecule has 0 spiro atoms. The van der Waals surface area contributed by atoms with Crippen molar-refractivity contribution in [1.29, 1.82) is 0 Å². The fourth-order valence-electron chi connectivity index (χ4n) is 2.80. The van der Waals surface area contributed by atoms with Crippen LogP contribution in [0.15, 0.2) is 18.2 Å². The van der Waals surface area contributed by atoms with E-state index < -0.39 is 20.7 Å². The van der Waals surface area contributed by atoms with Gasteiger partial charge in [0.15, 0.2) is 0 Å². The average molecular weight is 352 g/mol. The number of fused-ring (bicyclic) bond motifs is 1. The van der Waals surface area contributed by atoms with Gasteiger partial charge >= 0.3 is 20.7 Å². The highest BCUT2D eigenvalue weighted by Gasteiger charge is 2.39. The van der Waals surface area contributed by atoms with Crippen molar-refractivity contribution in [1.82, 2.24) is 0 Å². The van der Waals surface area contributed by atoms with Crippen molar-refractivity contribution in [2.75, 3.05) is 19.8 Å². The van der Waals surface area contributed by atoms with Gasteiger partial charge in [-0.15, -0.1) is 0 Å². The highest BCUT2D eigenvalue weighted by molar-refractivity contribution is 6.60. The summed E-state index contributed by atoms with van der Waals surface area (Å²) in [6.45, 7) is 7.46. The van der Waals surface area contributed by atoms with Crippen LogP contribution in [0.1, 0.15) is 53.5 Å². The Balaban J connectivity index is 2.00. The maximum atomic E-state index is 11.6. The Bertz CT molecular complexity index is 584. The number of carbonyl (C=O) groups excluding carboxylic acids is 2. The van der Waals surface area contributed by atoms with Gasteiger partial charge in [-0.1, -0.05) is 6.07 Å². The van der Waals surface area contributed by atoms with E-state index in [0.29, 0.717) is 37.0 Å².